The first-order chi connectivity index (χ1) is 6.79. The first-order valence-electron chi connectivity index (χ1n) is 5.18. The molecule has 0 bridgehead atoms. The lowest BCUT2D eigenvalue weighted by Crippen LogP contribution is -2.19. The van der Waals surface area contributed by atoms with Crippen LogP contribution in [0.25, 0.3) is 0 Å². The molecule has 0 N–H and O–H groups in total. The Morgan fingerprint density at radius 2 is 2.43 bits per heavy atom. The molecule has 3 heteroatoms. The Balaban J connectivity index is 1.89. The fourth-order valence-corrected chi connectivity index (χ4v) is 3.25. The van der Waals surface area contributed by atoms with Crippen molar-refractivity contribution in [1.82, 2.24) is 4.90 Å². The number of hydrogen-bond donors (Lipinski definition) is 0. The monoisotopic (exact) mass is 229 g/mol. The van der Waals surface area contributed by atoms with Gasteiger partial charge in [-0.15, -0.1) is 22.9 Å². The normalized spacial score (nSPS) is 28.4. The van der Waals surface area contributed by atoms with E-state index in [-0.39, 0.29) is 0 Å². The van der Waals surface area contributed by atoms with Crippen LogP contribution in [-0.2, 0) is 6.54 Å². The summed E-state index contributed by atoms with van der Waals surface area (Å²) in [5.74, 6) is 0.691. The van der Waals surface area contributed by atoms with E-state index in [2.05, 4.69) is 29.3 Å². The van der Waals surface area contributed by atoms with Crippen molar-refractivity contribution in [3.8, 4) is 0 Å². The van der Waals surface area contributed by atoms with Crippen molar-refractivity contribution >= 4 is 22.9 Å². The van der Waals surface area contributed by atoms with Crippen LogP contribution in [0.3, 0.4) is 0 Å². The summed E-state index contributed by atoms with van der Waals surface area (Å²) >= 11 is 8.11. The second kappa shape index (κ2) is 4.65. The number of nitrogens with zero attached hydrogens (tertiary/aromatic N) is 1. The minimum atomic E-state index is 0.361. The average Bonchev–Trinajstić information content (AvgIpc) is 2.76. The summed E-state index contributed by atoms with van der Waals surface area (Å²) in [5.41, 5.74) is 0. The number of hydrogen-bond acceptors (Lipinski definition) is 2. The number of thiophene rings is 1. The lowest BCUT2D eigenvalue weighted by atomic mass is 10.1. The quantitative estimate of drug-likeness (QED) is 0.720. The summed E-state index contributed by atoms with van der Waals surface area (Å²) in [4.78, 5) is 3.92. The molecule has 0 saturated carbocycles. The van der Waals surface area contributed by atoms with E-state index in [1.807, 2.05) is 11.3 Å². The minimum Gasteiger partial charge on any atom is -0.296 e. The maximum absolute atomic E-state index is 6.27. The lowest BCUT2D eigenvalue weighted by molar-refractivity contribution is 0.318. The van der Waals surface area contributed by atoms with Crippen LogP contribution in [0.1, 0.15) is 18.2 Å². The van der Waals surface area contributed by atoms with Gasteiger partial charge >= 0.3 is 0 Å². The van der Waals surface area contributed by atoms with Crippen LogP contribution in [0.5, 0.6) is 0 Å². The molecule has 1 aromatic heterocycles. The summed E-state index contributed by atoms with van der Waals surface area (Å²) in [7, 11) is 0. The Hall–Kier alpha value is -0.0500. The third-order valence-electron chi connectivity index (χ3n) is 2.92. The summed E-state index contributed by atoms with van der Waals surface area (Å²) in [5, 5.41) is 2.50. The second-order valence-corrected chi connectivity index (χ2v) is 5.55. The van der Waals surface area contributed by atoms with E-state index in [9.17, 15) is 0 Å². The molecule has 2 rings (SSSR count). The predicted octanol–water partition coefficient (Wildman–Crippen LogP) is 3.20. The van der Waals surface area contributed by atoms with Crippen LogP contribution >= 0.6 is 22.9 Å². The van der Waals surface area contributed by atoms with Gasteiger partial charge in [0, 0.05) is 24.5 Å². The molecule has 0 aromatic carbocycles. The Bertz CT molecular complexity index is 273. The van der Waals surface area contributed by atoms with Gasteiger partial charge in [-0.3, -0.25) is 4.90 Å². The smallest absolute Gasteiger partial charge is 0.0503 e. The van der Waals surface area contributed by atoms with Crippen LogP contribution in [0.15, 0.2) is 17.5 Å². The van der Waals surface area contributed by atoms with Crippen molar-refractivity contribution in [3.63, 3.8) is 0 Å². The van der Waals surface area contributed by atoms with Gasteiger partial charge in [0.05, 0.1) is 5.38 Å². The molecule has 1 aromatic rings. The van der Waals surface area contributed by atoms with Gasteiger partial charge in [-0.05, 0) is 17.4 Å². The number of alkyl halides is 1. The zero-order valence-corrected chi connectivity index (χ0v) is 10.0. The third kappa shape index (κ3) is 2.30. The molecule has 2 heterocycles. The van der Waals surface area contributed by atoms with E-state index in [1.165, 1.54) is 17.8 Å². The van der Waals surface area contributed by atoms with E-state index in [1.54, 1.807) is 0 Å². The summed E-state index contributed by atoms with van der Waals surface area (Å²) in [6.07, 6.45) is 1.20. The Labute approximate surface area is 94.7 Å². The molecular formula is C11H16ClNS. The number of rotatable bonds is 3. The van der Waals surface area contributed by atoms with Crippen LogP contribution in [0.4, 0.5) is 0 Å². The highest BCUT2D eigenvalue weighted by Gasteiger charge is 2.29. The molecular weight excluding hydrogens is 214 g/mol. The highest BCUT2D eigenvalue weighted by atomic mass is 35.5. The topological polar surface area (TPSA) is 3.24 Å². The van der Waals surface area contributed by atoms with Gasteiger partial charge in [0.25, 0.3) is 0 Å². The fourth-order valence-electron chi connectivity index (χ4n) is 2.05. The average molecular weight is 230 g/mol. The Morgan fingerprint density at radius 3 is 3.00 bits per heavy atom. The molecule has 1 aliphatic rings. The van der Waals surface area contributed by atoms with Gasteiger partial charge in [0.15, 0.2) is 0 Å². The van der Waals surface area contributed by atoms with E-state index in [0.29, 0.717) is 11.3 Å². The maximum Gasteiger partial charge on any atom is 0.0503 e. The van der Waals surface area contributed by atoms with Crippen molar-refractivity contribution in [3.05, 3.63) is 22.4 Å². The van der Waals surface area contributed by atoms with Crippen LogP contribution in [-0.4, -0.2) is 23.4 Å². The van der Waals surface area contributed by atoms with Crippen molar-refractivity contribution in [2.45, 2.75) is 25.3 Å². The predicted molar refractivity (Wildman–Crippen MR) is 63.0 cm³/mol. The first kappa shape index (κ1) is 10.5. The summed E-state index contributed by atoms with van der Waals surface area (Å²) < 4.78 is 0. The second-order valence-electron chi connectivity index (χ2n) is 3.96. The molecule has 78 valence electrons. The SMILES string of the molecule is CCC1CN(Cc2cccs2)CC1Cl. The molecule has 2 unspecified atom stereocenters. The van der Waals surface area contributed by atoms with Crippen molar-refractivity contribution in [2.24, 2.45) is 5.92 Å². The largest absolute Gasteiger partial charge is 0.296 e. The zero-order valence-electron chi connectivity index (χ0n) is 8.45. The van der Waals surface area contributed by atoms with E-state index < -0.39 is 0 Å². The highest BCUT2D eigenvalue weighted by Crippen LogP contribution is 2.26. The minimum absolute atomic E-state index is 0.361. The number of halogens is 1. The van der Waals surface area contributed by atoms with Crippen molar-refractivity contribution in [2.75, 3.05) is 13.1 Å². The van der Waals surface area contributed by atoms with Crippen LogP contribution < -0.4 is 0 Å². The molecule has 1 saturated heterocycles. The summed E-state index contributed by atoms with van der Waals surface area (Å²) in [6, 6.07) is 4.32. The van der Waals surface area contributed by atoms with Gasteiger partial charge < -0.3 is 0 Å². The molecule has 0 aliphatic carbocycles. The third-order valence-corrected chi connectivity index (χ3v) is 4.28. The van der Waals surface area contributed by atoms with E-state index >= 15 is 0 Å². The van der Waals surface area contributed by atoms with E-state index in [0.717, 1.165) is 13.1 Å². The van der Waals surface area contributed by atoms with Gasteiger partial charge in [-0.2, -0.15) is 0 Å². The van der Waals surface area contributed by atoms with Crippen molar-refractivity contribution < 1.29 is 0 Å². The Kier molecular flexibility index (Phi) is 3.47. The molecule has 1 aliphatic heterocycles. The van der Waals surface area contributed by atoms with Crippen molar-refractivity contribution in [1.29, 1.82) is 0 Å². The fraction of sp³-hybridized carbons (Fsp3) is 0.636. The Morgan fingerprint density at radius 1 is 1.57 bits per heavy atom. The first-order valence-corrected chi connectivity index (χ1v) is 6.50. The van der Waals surface area contributed by atoms with Gasteiger partial charge in [-0.1, -0.05) is 19.4 Å². The van der Waals surface area contributed by atoms with Crippen LogP contribution in [0.2, 0.25) is 0 Å². The molecule has 1 nitrogen and oxygen atoms in total. The van der Waals surface area contributed by atoms with Crippen LogP contribution in [0, 0.1) is 5.92 Å². The highest BCUT2D eigenvalue weighted by molar-refractivity contribution is 7.09. The van der Waals surface area contributed by atoms with E-state index in [4.69, 9.17) is 11.6 Å². The van der Waals surface area contributed by atoms with Gasteiger partial charge in [0.1, 0.15) is 0 Å². The summed E-state index contributed by atoms with van der Waals surface area (Å²) in [6.45, 7) is 5.53. The molecule has 0 spiro atoms. The standard InChI is InChI=1S/C11H16ClNS/c1-2-9-6-13(8-11(9)12)7-10-4-3-5-14-10/h3-5,9,11H,2,6-8H2,1H3. The van der Waals surface area contributed by atoms with Gasteiger partial charge in [0.2, 0.25) is 0 Å². The zero-order chi connectivity index (χ0) is 9.97. The molecule has 0 amide bonds. The maximum atomic E-state index is 6.27. The molecule has 14 heavy (non-hydrogen) atoms. The molecule has 0 radical (unpaired) electrons. The van der Waals surface area contributed by atoms with Gasteiger partial charge in [-0.25, -0.2) is 0 Å². The lowest BCUT2D eigenvalue weighted by Gasteiger charge is -2.13. The molecule has 2 atom stereocenters. The number of likely N-dealkylation sites (tertiary alicyclic amines) is 1. The molecule has 1 fully saturated rings.